The Morgan fingerprint density at radius 3 is 2.71 bits per heavy atom. The normalized spacial score (nSPS) is 11.8. The third-order valence-corrected chi connectivity index (χ3v) is 4.62. The molecule has 1 rings (SSSR count). The average molecular weight is 383 g/mol. The summed E-state index contributed by atoms with van der Waals surface area (Å²) in [7, 11) is -2.21. The topological polar surface area (TPSA) is 67.4 Å². The van der Waals surface area contributed by atoms with Crippen molar-refractivity contribution >= 4 is 26.0 Å². The lowest BCUT2D eigenvalue weighted by atomic mass is 10.2. The van der Waals surface area contributed by atoms with Crippen LogP contribution in [0.25, 0.3) is 0 Å². The van der Waals surface area contributed by atoms with Gasteiger partial charge in [0.1, 0.15) is 10.7 Å². The van der Waals surface area contributed by atoms with E-state index in [4.69, 9.17) is 4.74 Å². The van der Waals surface area contributed by atoms with E-state index < -0.39 is 15.8 Å². The van der Waals surface area contributed by atoms with Crippen LogP contribution in [0.1, 0.15) is 18.9 Å². The van der Waals surface area contributed by atoms with E-state index in [1.54, 1.807) is 13.1 Å². The van der Waals surface area contributed by atoms with E-state index in [0.29, 0.717) is 29.7 Å². The Kier molecular flexibility index (Phi) is 7.75. The van der Waals surface area contributed by atoms with Gasteiger partial charge in [-0.1, -0.05) is 15.9 Å². The number of hydrogen-bond acceptors (Lipinski definition) is 4. The highest BCUT2D eigenvalue weighted by Gasteiger charge is 2.21. The summed E-state index contributed by atoms with van der Waals surface area (Å²) in [6, 6.07) is 2.82. The van der Waals surface area contributed by atoms with Gasteiger partial charge in [-0.25, -0.2) is 17.5 Å². The molecule has 21 heavy (non-hydrogen) atoms. The molecule has 0 aliphatic rings. The highest BCUT2D eigenvalue weighted by molar-refractivity contribution is 9.10. The number of rotatable bonds is 9. The molecule has 0 unspecified atom stereocenters. The van der Waals surface area contributed by atoms with Crippen LogP contribution in [0.3, 0.4) is 0 Å². The molecule has 0 saturated carbocycles. The first-order valence-electron chi connectivity index (χ1n) is 6.62. The second-order valence-corrected chi connectivity index (χ2v) is 7.01. The molecule has 120 valence electrons. The monoisotopic (exact) mass is 382 g/mol. The van der Waals surface area contributed by atoms with Crippen molar-refractivity contribution in [1.29, 1.82) is 0 Å². The molecule has 1 aromatic rings. The Bertz CT molecular complexity index is 567. The lowest BCUT2D eigenvalue weighted by Gasteiger charge is -2.11. The Morgan fingerprint density at radius 1 is 1.38 bits per heavy atom. The predicted octanol–water partition coefficient (Wildman–Crippen LogP) is 2.01. The van der Waals surface area contributed by atoms with E-state index in [2.05, 4.69) is 26.0 Å². The molecule has 1 aromatic carbocycles. The molecule has 0 aliphatic carbocycles. The molecule has 0 aliphatic heterocycles. The zero-order valence-corrected chi connectivity index (χ0v) is 14.5. The van der Waals surface area contributed by atoms with Crippen molar-refractivity contribution in [3.8, 4) is 0 Å². The number of nitrogens with one attached hydrogen (secondary N) is 2. The second-order valence-electron chi connectivity index (χ2n) is 4.36. The summed E-state index contributed by atoms with van der Waals surface area (Å²) >= 11 is 3.21. The van der Waals surface area contributed by atoms with Gasteiger partial charge in [-0.05, 0) is 32.5 Å². The van der Waals surface area contributed by atoms with E-state index in [9.17, 15) is 12.8 Å². The summed E-state index contributed by atoms with van der Waals surface area (Å²) in [5.74, 6) is -0.732. The van der Waals surface area contributed by atoms with Gasteiger partial charge in [-0.3, -0.25) is 0 Å². The van der Waals surface area contributed by atoms with Crippen molar-refractivity contribution in [2.45, 2.75) is 24.8 Å². The highest BCUT2D eigenvalue weighted by Crippen LogP contribution is 2.24. The minimum atomic E-state index is -3.88. The molecular formula is C13H20BrFN2O3S. The van der Waals surface area contributed by atoms with Crippen LogP contribution in [0.4, 0.5) is 4.39 Å². The zero-order chi connectivity index (χ0) is 15.9. The van der Waals surface area contributed by atoms with Crippen LogP contribution >= 0.6 is 15.9 Å². The first-order chi connectivity index (χ1) is 9.92. The molecule has 0 aromatic heterocycles. The van der Waals surface area contributed by atoms with Crippen molar-refractivity contribution in [2.24, 2.45) is 0 Å². The quantitative estimate of drug-likeness (QED) is 0.641. The first kappa shape index (κ1) is 18.5. The second kappa shape index (κ2) is 8.79. The SMILES string of the molecule is CCOCCCNS(=O)(=O)c1cc(Br)cc(CNC)c1F. The maximum atomic E-state index is 14.3. The van der Waals surface area contributed by atoms with Gasteiger partial charge in [0.2, 0.25) is 10.0 Å². The van der Waals surface area contributed by atoms with Crippen LogP contribution in [-0.2, 0) is 21.3 Å². The summed E-state index contributed by atoms with van der Waals surface area (Å²) < 4.78 is 46.6. The van der Waals surface area contributed by atoms with E-state index in [1.165, 1.54) is 6.07 Å². The van der Waals surface area contributed by atoms with Gasteiger partial charge in [0.25, 0.3) is 0 Å². The molecule has 0 fully saturated rings. The third-order valence-electron chi connectivity index (χ3n) is 2.70. The smallest absolute Gasteiger partial charge is 0.243 e. The molecule has 0 amide bonds. The maximum Gasteiger partial charge on any atom is 0.243 e. The molecule has 0 spiro atoms. The lowest BCUT2D eigenvalue weighted by molar-refractivity contribution is 0.146. The predicted molar refractivity (Wildman–Crippen MR) is 83.2 cm³/mol. The standard InChI is InChI=1S/C13H20BrFN2O3S/c1-3-20-6-4-5-17-21(18,19)12-8-11(14)7-10(9-16-2)13(12)15/h7-8,16-17H,3-6,9H2,1-2H3. The third kappa shape index (κ3) is 5.63. The average Bonchev–Trinajstić information content (AvgIpc) is 2.42. The van der Waals surface area contributed by atoms with E-state index in [1.807, 2.05) is 6.92 Å². The van der Waals surface area contributed by atoms with E-state index in [0.717, 1.165) is 0 Å². The molecule has 0 bridgehead atoms. The molecule has 8 heteroatoms. The molecule has 0 heterocycles. The van der Waals surface area contributed by atoms with Crippen LogP contribution in [0.2, 0.25) is 0 Å². The van der Waals surface area contributed by atoms with Gasteiger partial charge in [-0.2, -0.15) is 0 Å². The Hall–Kier alpha value is -0.540. The van der Waals surface area contributed by atoms with Gasteiger partial charge in [0.05, 0.1) is 0 Å². The molecule has 5 nitrogen and oxygen atoms in total. The number of hydrogen-bond donors (Lipinski definition) is 2. The Morgan fingerprint density at radius 2 is 2.10 bits per heavy atom. The summed E-state index contributed by atoms with van der Waals surface area (Å²) in [6.07, 6.45) is 0.534. The van der Waals surface area contributed by atoms with Crippen molar-refractivity contribution in [1.82, 2.24) is 10.0 Å². The van der Waals surface area contributed by atoms with E-state index in [-0.39, 0.29) is 18.0 Å². The van der Waals surface area contributed by atoms with Crippen LogP contribution in [0.5, 0.6) is 0 Å². The zero-order valence-electron chi connectivity index (χ0n) is 12.1. The Balaban J connectivity index is 2.87. The summed E-state index contributed by atoms with van der Waals surface area (Å²) in [5.41, 5.74) is 0.293. The minimum absolute atomic E-state index is 0.204. The highest BCUT2D eigenvalue weighted by atomic mass is 79.9. The van der Waals surface area contributed by atoms with Gasteiger partial charge >= 0.3 is 0 Å². The lowest BCUT2D eigenvalue weighted by Crippen LogP contribution is -2.27. The molecule has 2 N–H and O–H groups in total. The van der Waals surface area contributed by atoms with Gasteiger partial charge in [0, 0.05) is 36.3 Å². The number of ether oxygens (including phenoxy) is 1. The molecule has 0 radical (unpaired) electrons. The van der Waals surface area contributed by atoms with Crippen molar-refractivity contribution in [3.05, 3.63) is 28.0 Å². The molecule has 0 saturated heterocycles. The van der Waals surface area contributed by atoms with Crippen LogP contribution < -0.4 is 10.0 Å². The summed E-state index contributed by atoms with van der Waals surface area (Å²) in [4.78, 5) is -0.349. The molecular weight excluding hydrogens is 363 g/mol. The fraction of sp³-hybridized carbons (Fsp3) is 0.538. The first-order valence-corrected chi connectivity index (χ1v) is 8.90. The van der Waals surface area contributed by atoms with Crippen LogP contribution in [-0.4, -0.2) is 35.2 Å². The molecule has 0 atom stereocenters. The summed E-state index contributed by atoms with van der Waals surface area (Å²) in [6.45, 7) is 3.36. The van der Waals surface area contributed by atoms with Gasteiger partial charge < -0.3 is 10.1 Å². The maximum absolute atomic E-state index is 14.3. The van der Waals surface area contributed by atoms with Crippen LogP contribution in [0, 0.1) is 5.82 Å². The Labute approximate surface area is 133 Å². The van der Waals surface area contributed by atoms with Gasteiger partial charge in [-0.15, -0.1) is 0 Å². The van der Waals surface area contributed by atoms with Gasteiger partial charge in [0.15, 0.2) is 0 Å². The van der Waals surface area contributed by atoms with Crippen molar-refractivity contribution < 1.29 is 17.5 Å². The van der Waals surface area contributed by atoms with Crippen molar-refractivity contribution in [2.75, 3.05) is 26.8 Å². The van der Waals surface area contributed by atoms with E-state index >= 15 is 0 Å². The minimum Gasteiger partial charge on any atom is -0.382 e. The number of sulfonamides is 1. The largest absolute Gasteiger partial charge is 0.382 e. The van der Waals surface area contributed by atoms with Crippen molar-refractivity contribution in [3.63, 3.8) is 0 Å². The fourth-order valence-electron chi connectivity index (χ4n) is 1.74. The number of halogens is 2. The number of benzene rings is 1. The summed E-state index contributed by atoms with van der Waals surface area (Å²) in [5, 5.41) is 2.80. The fourth-order valence-corrected chi connectivity index (χ4v) is 3.61. The van der Waals surface area contributed by atoms with Crippen LogP contribution in [0.15, 0.2) is 21.5 Å².